The van der Waals surface area contributed by atoms with E-state index in [-0.39, 0.29) is 5.41 Å². The van der Waals surface area contributed by atoms with Crippen LogP contribution in [0.2, 0.25) is 0 Å². The van der Waals surface area contributed by atoms with Gasteiger partial charge in [-0.05, 0) is 0 Å². The SMILES string of the molecule is CC(C)(C)c1nc(N)nc2scnc12. The molecule has 4 nitrogen and oxygen atoms in total. The second kappa shape index (κ2) is 2.88. The summed E-state index contributed by atoms with van der Waals surface area (Å²) in [6.07, 6.45) is 0. The van der Waals surface area contributed by atoms with Gasteiger partial charge in [-0.2, -0.15) is 0 Å². The Morgan fingerprint density at radius 3 is 2.64 bits per heavy atom. The molecule has 0 saturated carbocycles. The van der Waals surface area contributed by atoms with Gasteiger partial charge in [0.25, 0.3) is 0 Å². The number of hydrogen-bond acceptors (Lipinski definition) is 5. The number of fused-ring (bicyclic) bond motifs is 1. The quantitative estimate of drug-likeness (QED) is 0.718. The molecule has 5 heteroatoms. The maximum atomic E-state index is 5.64. The fourth-order valence-corrected chi connectivity index (χ4v) is 1.97. The minimum atomic E-state index is -0.0522. The smallest absolute Gasteiger partial charge is 0.221 e. The predicted octanol–water partition coefficient (Wildman–Crippen LogP) is 1.97. The van der Waals surface area contributed by atoms with Crippen molar-refractivity contribution < 1.29 is 0 Å². The molecule has 2 aromatic rings. The Morgan fingerprint density at radius 2 is 2.00 bits per heavy atom. The second-order valence-corrected chi connectivity index (χ2v) is 5.02. The summed E-state index contributed by atoms with van der Waals surface area (Å²) in [6.45, 7) is 6.27. The van der Waals surface area contributed by atoms with E-state index in [1.54, 1.807) is 5.51 Å². The number of aromatic nitrogens is 3. The predicted molar refractivity (Wildman–Crippen MR) is 58.3 cm³/mol. The lowest BCUT2D eigenvalue weighted by molar-refractivity contribution is 0.574. The van der Waals surface area contributed by atoms with Gasteiger partial charge in [-0.15, -0.1) is 11.3 Å². The first-order valence-corrected chi connectivity index (χ1v) is 5.23. The molecule has 0 amide bonds. The van der Waals surface area contributed by atoms with E-state index in [2.05, 4.69) is 35.7 Å². The molecule has 0 aromatic carbocycles. The maximum Gasteiger partial charge on any atom is 0.221 e. The van der Waals surface area contributed by atoms with Crippen LogP contribution in [0, 0.1) is 0 Å². The highest BCUT2D eigenvalue weighted by atomic mass is 32.1. The molecule has 0 saturated heterocycles. The van der Waals surface area contributed by atoms with Crippen LogP contribution in [0.5, 0.6) is 0 Å². The number of hydrogen-bond donors (Lipinski definition) is 1. The Hall–Kier alpha value is -1.23. The van der Waals surface area contributed by atoms with Crippen LogP contribution in [-0.2, 0) is 5.41 Å². The monoisotopic (exact) mass is 208 g/mol. The highest BCUT2D eigenvalue weighted by Crippen LogP contribution is 2.28. The Bertz CT molecular complexity index is 469. The molecule has 0 atom stereocenters. The average molecular weight is 208 g/mol. The van der Waals surface area contributed by atoms with Crippen molar-refractivity contribution in [1.29, 1.82) is 0 Å². The fraction of sp³-hybridized carbons (Fsp3) is 0.444. The molecule has 2 heterocycles. The van der Waals surface area contributed by atoms with Crippen LogP contribution in [0.1, 0.15) is 26.5 Å². The van der Waals surface area contributed by atoms with E-state index >= 15 is 0 Å². The molecule has 2 aromatic heterocycles. The van der Waals surface area contributed by atoms with Gasteiger partial charge in [-0.3, -0.25) is 0 Å². The summed E-state index contributed by atoms with van der Waals surface area (Å²) in [5.41, 5.74) is 9.15. The van der Waals surface area contributed by atoms with Crippen molar-refractivity contribution in [3.05, 3.63) is 11.2 Å². The van der Waals surface area contributed by atoms with E-state index in [0.717, 1.165) is 16.0 Å². The minimum Gasteiger partial charge on any atom is -0.368 e. The van der Waals surface area contributed by atoms with Gasteiger partial charge in [0.1, 0.15) is 10.3 Å². The first-order chi connectivity index (χ1) is 6.48. The van der Waals surface area contributed by atoms with E-state index in [0.29, 0.717) is 5.95 Å². The van der Waals surface area contributed by atoms with Gasteiger partial charge in [0.2, 0.25) is 5.95 Å². The lowest BCUT2D eigenvalue weighted by Crippen LogP contribution is -2.15. The molecule has 14 heavy (non-hydrogen) atoms. The van der Waals surface area contributed by atoms with Crippen molar-refractivity contribution in [2.45, 2.75) is 26.2 Å². The third-order valence-corrected chi connectivity index (χ3v) is 2.64. The minimum absolute atomic E-state index is 0.0522. The summed E-state index contributed by atoms with van der Waals surface area (Å²) < 4.78 is 0. The van der Waals surface area contributed by atoms with E-state index in [1.165, 1.54) is 11.3 Å². The van der Waals surface area contributed by atoms with Gasteiger partial charge in [0.15, 0.2) is 0 Å². The standard InChI is InChI=1S/C9H12N4S/c1-9(2,3)6-5-7(14-4-11-5)13-8(10)12-6/h4H,1-3H3,(H2,10,12,13). The highest BCUT2D eigenvalue weighted by Gasteiger charge is 2.21. The molecule has 2 rings (SSSR count). The van der Waals surface area contributed by atoms with Gasteiger partial charge in [0.05, 0.1) is 11.2 Å². The van der Waals surface area contributed by atoms with Gasteiger partial charge >= 0.3 is 0 Å². The molecular formula is C9H12N4S. The Morgan fingerprint density at radius 1 is 1.29 bits per heavy atom. The number of rotatable bonds is 0. The molecule has 0 fully saturated rings. The molecule has 0 bridgehead atoms. The van der Waals surface area contributed by atoms with Gasteiger partial charge < -0.3 is 5.73 Å². The van der Waals surface area contributed by atoms with Crippen LogP contribution >= 0.6 is 11.3 Å². The third kappa shape index (κ3) is 1.43. The number of nitrogen functional groups attached to an aromatic ring is 1. The lowest BCUT2D eigenvalue weighted by atomic mass is 9.91. The molecular weight excluding hydrogens is 196 g/mol. The molecule has 0 aliphatic heterocycles. The molecule has 0 spiro atoms. The largest absolute Gasteiger partial charge is 0.368 e. The Labute approximate surface area is 86.2 Å². The van der Waals surface area contributed by atoms with E-state index in [1.807, 2.05) is 0 Å². The van der Waals surface area contributed by atoms with Crippen molar-refractivity contribution in [1.82, 2.24) is 15.0 Å². The summed E-state index contributed by atoms with van der Waals surface area (Å²) >= 11 is 1.49. The third-order valence-electron chi connectivity index (χ3n) is 1.93. The summed E-state index contributed by atoms with van der Waals surface area (Å²) in [7, 11) is 0. The summed E-state index contributed by atoms with van der Waals surface area (Å²) in [4.78, 5) is 13.5. The van der Waals surface area contributed by atoms with Crippen molar-refractivity contribution in [2.24, 2.45) is 0 Å². The molecule has 0 aliphatic rings. The van der Waals surface area contributed by atoms with Crippen LogP contribution in [0.3, 0.4) is 0 Å². The van der Waals surface area contributed by atoms with Crippen molar-refractivity contribution in [3.63, 3.8) is 0 Å². The number of anilines is 1. The molecule has 74 valence electrons. The van der Waals surface area contributed by atoms with Crippen molar-refractivity contribution >= 4 is 27.6 Å². The normalized spacial score (nSPS) is 12.2. The zero-order valence-electron chi connectivity index (χ0n) is 8.40. The van der Waals surface area contributed by atoms with Gasteiger partial charge in [0, 0.05) is 5.41 Å². The maximum absolute atomic E-state index is 5.64. The van der Waals surface area contributed by atoms with Crippen LogP contribution in [-0.4, -0.2) is 15.0 Å². The van der Waals surface area contributed by atoms with E-state index in [4.69, 9.17) is 5.73 Å². The molecule has 0 aliphatic carbocycles. The highest BCUT2D eigenvalue weighted by molar-refractivity contribution is 7.16. The van der Waals surface area contributed by atoms with Crippen molar-refractivity contribution in [2.75, 3.05) is 5.73 Å². The van der Waals surface area contributed by atoms with Gasteiger partial charge in [-0.25, -0.2) is 15.0 Å². The lowest BCUT2D eigenvalue weighted by Gasteiger charge is -2.17. The van der Waals surface area contributed by atoms with Crippen LogP contribution in [0.4, 0.5) is 5.95 Å². The number of nitrogens with two attached hydrogens (primary N) is 1. The van der Waals surface area contributed by atoms with Crippen LogP contribution in [0.25, 0.3) is 10.3 Å². The van der Waals surface area contributed by atoms with Crippen LogP contribution in [0.15, 0.2) is 5.51 Å². The number of nitrogens with zero attached hydrogens (tertiary/aromatic N) is 3. The summed E-state index contributed by atoms with van der Waals surface area (Å²) in [6, 6.07) is 0. The zero-order valence-corrected chi connectivity index (χ0v) is 9.22. The Kier molecular flexibility index (Phi) is 1.92. The average Bonchev–Trinajstić information content (AvgIpc) is 2.47. The molecule has 0 unspecified atom stereocenters. The van der Waals surface area contributed by atoms with E-state index < -0.39 is 0 Å². The first-order valence-electron chi connectivity index (χ1n) is 4.35. The zero-order chi connectivity index (χ0) is 10.3. The van der Waals surface area contributed by atoms with E-state index in [9.17, 15) is 0 Å². The molecule has 0 radical (unpaired) electrons. The summed E-state index contributed by atoms with van der Waals surface area (Å²) in [5.74, 6) is 0.326. The Balaban J connectivity index is 2.80. The first kappa shape index (κ1) is 9.33. The number of thiazole rings is 1. The fourth-order valence-electron chi connectivity index (χ4n) is 1.30. The van der Waals surface area contributed by atoms with Crippen LogP contribution < -0.4 is 5.73 Å². The summed E-state index contributed by atoms with van der Waals surface area (Å²) in [5, 5.41) is 0. The molecule has 2 N–H and O–H groups in total. The topological polar surface area (TPSA) is 64.7 Å². The van der Waals surface area contributed by atoms with Crippen molar-refractivity contribution in [3.8, 4) is 0 Å². The second-order valence-electron chi connectivity index (χ2n) is 4.19. The van der Waals surface area contributed by atoms with Gasteiger partial charge in [-0.1, -0.05) is 20.8 Å².